The predicted molar refractivity (Wildman–Crippen MR) is 72.7 cm³/mol. The van der Waals surface area contributed by atoms with Crippen molar-refractivity contribution in [2.75, 3.05) is 6.61 Å². The summed E-state index contributed by atoms with van der Waals surface area (Å²) in [6, 6.07) is 0. The normalized spacial score (nSPS) is 16.5. The lowest BCUT2D eigenvalue weighted by atomic mass is 10.0. The Morgan fingerprint density at radius 3 is 1.95 bits per heavy atom. The van der Waals surface area contributed by atoms with Crippen LogP contribution in [0.2, 0.25) is 0 Å². The Bertz CT molecular complexity index is 413. The molecule has 12 heteroatoms. The maximum absolute atomic E-state index is 9.75. The monoisotopic (exact) mass is 290 g/mol. The smallest absolute Gasteiger partial charge is 0.211 e. The molecule has 0 unspecified atom stereocenters. The number of hydrogen-bond donors (Lipinski definition) is 8. The molecular weight excluding hydrogens is 272 g/mol. The van der Waals surface area contributed by atoms with Gasteiger partial charge in [-0.2, -0.15) is 5.10 Å². The molecule has 0 aliphatic carbocycles. The number of guanidine groups is 2. The molecule has 0 amide bonds. The molecule has 3 atom stereocenters. The molecule has 0 saturated heterocycles. The summed E-state index contributed by atoms with van der Waals surface area (Å²) in [5.74, 6) is -0.769. The highest BCUT2D eigenvalue weighted by Gasteiger charge is 2.27. The minimum atomic E-state index is -1.75. The van der Waals surface area contributed by atoms with Gasteiger partial charge in [0.05, 0.1) is 12.8 Å². The molecule has 12 N–H and O–H groups in total. The van der Waals surface area contributed by atoms with Crippen LogP contribution < -0.4 is 22.9 Å². The van der Waals surface area contributed by atoms with Crippen molar-refractivity contribution in [3.63, 3.8) is 0 Å². The van der Waals surface area contributed by atoms with E-state index in [0.717, 1.165) is 6.21 Å². The van der Waals surface area contributed by atoms with E-state index in [-0.39, 0.29) is 11.7 Å². The van der Waals surface area contributed by atoms with E-state index in [1.165, 1.54) is 0 Å². The van der Waals surface area contributed by atoms with Crippen LogP contribution in [0.4, 0.5) is 0 Å². The van der Waals surface area contributed by atoms with Crippen LogP contribution in [0.25, 0.3) is 0 Å². The third kappa shape index (κ3) is 6.60. The highest BCUT2D eigenvalue weighted by atomic mass is 16.4. The van der Waals surface area contributed by atoms with Gasteiger partial charge < -0.3 is 43.4 Å². The van der Waals surface area contributed by atoms with Gasteiger partial charge >= 0.3 is 0 Å². The number of nitrogens with two attached hydrogens (primary N) is 4. The van der Waals surface area contributed by atoms with Gasteiger partial charge in [-0.25, -0.2) is 0 Å². The van der Waals surface area contributed by atoms with Gasteiger partial charge in [0.15, 0.2) is 0 Å². The van der Waals surface area contributed by atoms with Crippen LogP contribution >= 0.6 is 0 Å². The molecule has 0 aliphatic heterocycles. The summed E-state index contributed by atoms with van der Waals surface area (Å²) in [6.07, 6.45) is -4.23. The molecular formula is C8H18N8O4. The fourth-order valence-corrected chi connectivity index (χ4v) is 0.925. The first-order valence-corrected chi connectivity index (χ1v) is 5.23. The fraction of sp³-hybridized carbons (Fsp3) is 0.500. The lowest BCUT2D eigenvalue weighted by Gasteiger charge is -2.20. The van der Waals surface area contributed by atoms with Crippen LogP contribution in [0.1, 0.15) is 0 Å². The minimum Gasteiger partial charge on any atom is -0.394 e. The summed E-state index contributed by atoms with van der Waals surface area (Å²) < 4.78 is 0. The fourth-order valence-electron chi connectivity index (χ4n) is 0.925. The standard InChI is InChI=1S/C8H18N8O4/c9-7(10)15-13-1-3(14-16-8(11)12)5(19)6(20)4(18)2-17/h1,4-6,17-20H,2H2,(H4,9,10,15)(H4,11,12,16)/b13-1+,14-3+/t4-,5+,6-/m0/s1. The number of hydrogen-bond acceptors (Lipinski definition) is 8. The van der Waals surface area contributed by atoms with E-state index in [0.29, 0.717) is 0 Å². The van der Waals surface area contributed by atoms with E-state index in [4.69, 9.17) is 28.0 Å². The van der Waals surface area contributed by atoms with Crippen LogP contribution in [0, 0.1) is 0 Å². The van der Waals surface area contributed by atoms with Crippen molar-refractivity contribution in [1.29, 1.82) is 0 Å². The lowest BCUT2D eigenvalue weighted by Crippen LogP contribution is -2.44. The van der Waals surface area contributed by atoms with Crippen molar-refractivity contribution in [2.24, 2.45) is 43.3 Å². The Kier molecular flexibility index (Phi) is 7.76. The summed E-state index contributed by atoms with van der Waals surface area (Å²) >= 11 is 0. The van der Waals surface area contributed by atoms with Crippen LogP contribution in [-0.4, -0.2) is 69.2 Å². The largest absolute Gasteiger partial charge is 0.394 e. The molecule has 0 bridgehead atoms. The number of aliphatic hydroxyl groups excluding tert-OH is 4. The Hall–Kier alpha value is -2.28. The molecule has 0 radical (unpaired) electrons. The zero-order valence-electron chi connectivity index (χ0n) is 10.4. The zero-order valence-corrected chi connectivity index (χ0v) is 10.4. The van der Waals surface area contributed by atoms with Gasteiger partial charge in [0.25, 0.3) is 0 Å². The van der Waals surface area contributed by atoms with E-state index in [2.05, 4.69) is 20.4 Å². The molecule has 0 aromatic heterocycles. The van der Waals surface area contributed by atoms with E-state index >= 15 is 0 Å². The average Bonchev–Trinajstić information content (AvgIpc) is 2.39. The van der Waals surface area contributed by atoms with Gasteiger partial charge in [-0.1, -0.05) is 0 Å². The molecule has 0 aromatic rings. The average molecular weight is 290 g/mol. The summed E-state index contributed by atoms with van der Waals surface area (Å²) in [6.45, 7) is -0.779. The molecule has 0 heterocycles. The third-order valence-corrected chi connectivity index (χ3v) is 1.85. The number of aliphatic hydroxyl groups is 4. The first kappa shape index (κ1) is 17.7. The Labute approximate surface area is 113 Å². The molecule has 0 spiro atoms. The maximum atomic E-state index is 9.75. The molecule has 0 aromatic carbocycles. The molecule has 0 saturated carbocycles. The Morgan fingerprint density at radius 1 is 0.950 bits per heavy atom. The second-order valence-electron chi connectivity index (χ2n) is 3.50. The topological polar surface area (TPSA) is 234 Å². The Balaban J connectivity index is 5.22. The SMILES string of the molecule is NC(N)=N/N=C/C(=N\N=C(N)N)[C@@H](O)[C@@H](O)[C@@H](O)CO. The van der Waals surface area contributed by atoms with Gasteiger partial charge in [-0.05, 0) is 0 Å². The highest BCUT2D eigenvalue weighted by molar-refractivity contribution is 6.32. The highest BCUT2D eigenvalue weighted by Crippen LogP contribution is 2.02. The van der Waals surface area contributed by atoms with Gasteiger partial charge in [0, 0.05) is 0 Å². The molecule has 20 heavy (non-hydrogen) atoms. The molecule has 12 nitrogen and oxygen atoms in total. The van der Waals surface area contributed by atoms with Crippen LogP contribution in [0.3, 0.4) is 0 Å². The molecule has 0 rings (SSSR count). The first-order valence-electron chi connectivity index (χ1n) is 5.23. The van der Waals surface area contributed by atoms with Crippen LogP contribution in [0.15, 0.2) is 20.4 Å². The van der Waals surface area contributed by atoms with Crippen molar-refractivity contribution in [3.8, 4) is 0 Å². The van der Waals surface area contributed by atoms with E-state index in [1.54, 1.807) is 0 Å². The van der Waals surface area contributed by atoms with Crippen molar-refractivity contribution in [1.82, 2.24) is 0 Å². The van der Waals surface area contributed by atoms with Gasteiger partial charge in [-0.15, -0.1) is 15.3 Å². The van der Waals surface area contributed by atoms with Crippen LogP contribution in [-0.2, 0) is 0 Å². The Morgan fingerprint density at radius 2 is 1.50 bits per heavy atom. The second-order valence-corrected chi connectivity index (χ2v) is 3.50. The summed E-state index contributed by atoms with van der Waals surface area (Å²) in [4.78, 5) is 0. The van der Waals surface area contributed by atoms with Crippen molar-refractivity contribution in [3.05, 3.63) is 0 Å². The summed E-state index contributed by atoms with van der Waals surface area (Å²) in [5.41, 5.74) is 19.8. The van der Waals surface area contributed by atoms with Crippen molar-refractivity contribution < 1.29 is 20.4 Å². The van der Waals surface area contributed by atoms with Crippen molar-refractivity contribution >= 4 is 23.8 Å². The minimum absolute atomic E-state index is 0.344. The summed E-state index contributed by atoms with van der Waals surface area (Å²) in [7, 11) is 0. The van der Waals surface area contributed by atoms with E-state index < -0.39 is 30.9 Å². The third-order valence-electron chi connectivity index (χ3n) is 1.85. The van der Waals surface area contributed by atoms with Crippen molar-refractivity contribution in [2.45, 2.75) is 18.3 Å². The zero-order chi connectivity index (χ0) is 15.7. The summed E-state index contributed by atoms with van der Waals surface area (Å²) in [5, 5.41) is 50.5. The first-order chi connectivity index (χ1) is 9.29. The van der Waals surface area contributed by atoms with E-state index in [9.17, 15) is 15.3 Å². The second kappa shape index (κ2) is 8.76. The number of nitrogens with zero attached hydrogens (tertiary/aromatic N) is 4. The van der Waals surface area contributed by atoms with Crippen LogP contribution in [0.5, 0.6) is 0 Å². The number of rotatable bonds is 7. The quantitative estimate of drug-likeness (QED) is 0.128. The van der Waals surface area contributed by atoms with Gasteiger partial charge in [0.1, 0.15) is 24.0 Å². The van der Waals surface area contributed by atoms with Gasteiger partial charge in [-0.3, -0.25) is 0 Å². The van der Waals surface area contributed by atoms with Gasteiger partial charge in [0.2, 0.25) is 11.9 Å². The molecule has 0 fully saturated rings. The predicted octanol–water partition coefficient (Wildman–Crippen LogP) is -5.05. The lowest BCUT2D eigenvalue weighted by molar-refractivity contribution is -0.0548. The molecule has 0 aliphatic rings. The molecule has 114 valence electrons. The maximum Gasteiger partial charge on any atom is 0.211 e. The van der Waals surface area contributed by atoms with E-state index in [1.807, 2.05) is 0 Å².